The van der Waals surface area contributed by atoms with Crippen molar-refractivity contribution in [3.63, 3.8) is 0 Å². The molecular weight excluding hydrogens is 264 g/mol. The van der Waals surface area contributed by atoms with Crippen LogP contribution >= 0.6 is 0 Å². The molecule has 6 nitrogen and oxygen atoms in total. The lowest BCUT2D eigenvalue weighted by molar-refractivity contribution is 0.0781. The first kappa shape index (κ1) is 16.7. The van der Waals surface area contributed by atoms with Crippen molar-refractivity contribution in [3.8, 4) is 11.5 Å². The van der Waals surface area contributed by atoms with E-state index >= 15 is 0 Å². The Morgan fingerprint density at radius 2 is 1.20 bits per heavy atom. The zero-order chi connectivity index (χ0) is 14.8. The Bertz CT molecular complexity index is 356. The van der Waals surface area contributed by atoms with Crippen LogP contribution in [0.4, 0.5) is 0 Å². The van der Waals surface area contributed by atoms with Crippen molar-refractivity contribution >= 4 is 0 Å². The average molecular weight is 286 g/mol. The molecular formula is C14H22O6. The molecule has 0 saturated carbocycles. The highest BCUT2D eigenvalue weighted by Gasteiger charge is 2.11. The van der Waals surface area contributed by atoms with Gasteiger partial charge in [-0.3, -0.25) is 0 Å². The normalized spacial score (nSPS) is 10.6. The van der Waals surface area contributed by atoms with Gasteiger partial charge in [-0.15, -0.1) is 0 Å². The molecule has 0 aromatic heterocycles. The minimum absolute atomic E-state index is 0.0213. The first-order valence-electron chi connectivity index (χ1n) is 6.37. The smallest absolute Gasteiger partial charge is 0.125 e. The standard InChI is InChI=1S/C14H22O6/c1-17-13-7-12(10-20-6-4-16)14(18-2)8-11(13)9-19-5-3-15/h7-8,15-16H,3-6,9-10H2,1-2H3. The van der Waals surface area contributed by atoms with Gasteiger partial charge in [0.15, 0.2) is 0 Å². The van der Waals surface area contributed by atoms with E-state index < -0.39 is 0 Å². The van der Waals surface area contributed by atoms with Crippen LogP contribution in [0.5, 0.6) is 11.5 Å². The van der Waals surface area contributed by atoms with Crippen LogP contribution in [0.3, 0.4) is 0 Å². The van der Waals surface area contributed by atoms with Gasteiger partial charge < -0.3 is 29.2 Å². The third kappa shape index (κ3) is 4.97. The molecule has 0 aliphatic carbocycles. The minimum Gasteiger partial charge on any atom is -0.496 e. The van der Waals surface area contributed by atoms with Crippen LogP contribution in [0, 0.1) is 0 Å². The van der Waals surface area contributed by atoms with Crippen molar-refractivity contribution in [2.24, 2.45) is 0 Å². The second-order valence-electron chi connectivity index (χ2n) is 4.03. The van der Waals surface area contributed by atoms with E-state index in [9.17, 15) is 0 Å². The van der Waals surface area contributed by atoms with Gasteiger partial charge >= 0.3 is 0 Å². The molecule has 2 N–H and O–H groups in total. The number of methoxy groups -OCH3 is 2. The van der Waals surface area contributed by atoms with Crippen molar-refractivity contribution in [3.05, 3.63) is 23.3 Å². The lowest BCUT2D eigenvalue weighted by atomic mass is 10.1. The molecule has 0 radical (unpaired) electrons. The fourth-order valence-electron chi connectivity index (χ4n) is 1.74. The molecule has 0 unspecified atom stereocenters. The van der Waals surface area contributed by atoms with Gasteiger partial charge in [0.25, 0.3) is 0 Å². The lowest BCUT2D eigenvalue weighted by Gasteiger charge is -2.15. The van der Waals surface area contributed by atoms with E-state index in [1.54, 1.807) is 14.2 Å². The molecule has 0 fully saturated rings. The van der Waals surface area contributed by atoms with Gasteiger partial charge in [0, 0.05) is 11.1 Å². The summed E-state index contributed by atoms with van der Waals surface area (Å²) >= 11 is 0. The molecule has 0 atom stereocenters. The van der Waals surface area contributed by atoms with Crippen molar-refractivity contribution in [2.75, 3.05) is 40.6 Å². The summed E-state index contributed by atoms with van der Waals surface area (Å²) in [6.45, 7) is 1.16. The highest BCUT2D eigenvalue weighted by Crippen LogP contribution is 2.30. The summed E-state index contributed by atoms with van der Waals surface area (Å²) in [6, 6.07) is 3.65. The number of hydrogen-bond donors (Lipinski definition) is 2. The summed E-state index contributed by atoms with van der Waals surface area (Å²) in [5.74, 6) is 1.35. The van der Waals surface area contributed by atoms with Crippen molar-refractivity contribution in [1.29, 1.82) is 0 Å². The van der Waals surface area contributed by atoms with Crippen molar-refractivity contribution in [2.45, 2.75) is 13.2 Å². The first-order valence-corrected chi connectivity index (χ1v) is 6.37. The molecule has 0 aliphatic heterocycles. The topological polar surface area (TPSA) is 77.4 Å². The number of hydrogen-bond acceptors (Lipinski definition) is 6. The Labute approximate surface area is 118 Å². The highest BCUT2D eigenvalue weighted by atomic mass is 16.5. The molecule has 0 bridgehead atoms. The second kappa shape index (κ2) is 9.55. The molecule has 1 rings (SSSR count). The van der Waals surface area contributed by atoms with Gasteiger partial charge in [0.05, 0.1) is 53.9 Å². The Balaban J connectivity index is 2.85. The summed E-state index contributed by atoms with van der Waals surface area (Å²) in [4.78, 5) is 0. The average Bonchev–Trinajstić information content (AvgIpc) is 2.48. The summed E-state index contributed by atoms with van der Waals surface area (Å²) in [5.41, 5.74) is 1.67. The van der Waals surface area contributed by atoms with E-state index in [2.05, 4.69) is 0 Å². The van der Waals surface area contributed by atoms with E-state index in [1.807, 2.05) is 12.1 Å². The molecule has 1 aromatic rings. The van der Waals surface area contributed by atoms with Crippen molar-refractivity contribution in [1.82, 2.24) is 0 Å². The second-order valence-corrected chi connectivity index (χ2v) is 4.03. The molecule has 114 valence electrons. The van der Waals surface area contributed by atoms with Crippen LogP contribution in [0.15, 0.2) is 12.1 Å². The Hall–Kier alpha value is -1.34. The maximum Gasteiger partial charge on any atom is 0.125 e. The number of aliphatic hydroxyl groups is 2. The van der Waals surface area contributed by atoms with Gasteiger partial charge in [0.2, 0.25) is 0 Å². The van der Waals surface area contributed by atoms with Crippen LogP contribution in [0.25, 0.3) is 0 Å². The van der Waals surface area contributed by atoms with Crippen LogP contribution in [-0.4, -0.2) is 50.9 Å². The monoisotopic (exact) mass is 286 g/mol. The van der Waals surface area contributed by atoms with Crippen LogP contribution in [0.1, 0.15) is 11.1 Å². The van der Waals surface area contributed by atoms with Gasteiger partial charge in [-0.2, -0.15) is 0 Å². The zero-order valence-corrected chi connectivity index (χ0v) is 11.9. The number of rotatable bonds is 10. The Morgan fingerprint density at radius 3 is 1.50 bits per heavy atom. The number of benzene rings is 1. The summed E-state index contributed by atoms with van der Waals surface area (Å²) in [7, 11) is 3.16. The van der Waals surface area contributed by atoms with E-state index in [1.165, 1.54) is 0 Å². The summed E-state index contributed by atoms with van der Waals surface area (Å²) in [6.07, 6.45) is 0. The van der Waals surface area contributed by atoms with E-state index in [0.29, 0.717) is 24.7 Å². The number of ether oxygens (including phenoxy) is 4. The molecule has 20 heavy (non-hydrogen) atoms. The third-order valence-corrected chi connectivity index (χ3v) is 2.67. The van der Waals surface area contributed by atoms with Gasteiger partial charge in [-0.05, 0) is 12.1 Å². The summed E-state index contributed by atoms with van der Waals surface area (Å²) < 4.78 is 21.2. The van der Waals surface area contributed by atoms with Gasteiger partial charge in [-0.1, -0.05) is 0 Å². The first-order chi connectivity index (χ1) is 9.76. The zero-order valence-electron chi connectivity index (χ0n) is 11.9. The molecule has 0 spiro atoms. The van der Waals surface area contributed by atoms with Crippen LogP contribution in [0.2, 0.25) is 0 Å². The fourth-order valence-corrected chi connectivity index (χ4v) is 1.74. The van der Waals surface area contributed by atoms with E-state index in [-0.39, 0.29) is 26.4 Å². The fraction of sp³-hybridized carbons (Fsp3) is 0.571. The predicted molar refractivity (Wildman–Crippen MR) is 73.0 cm³/mol. The molecule has 1 aromatic carbocycles. The van der Waals surface area contributed by atoms with Crippen LogP contribution in [-0.2, 0) is 22.7 Å². The molecule has 0 heterocycles. The quantitative estimate of drug-likeness (QED) is 0.617. The molecule has 0 saturated heterocycles. The van der Waals surface area contributed by atoms with E-state index in [4.69, 9.17) is 29.2 Å². The Kier molecular flexibility index (Phi) is 7.98. The lowest BCUT2D eigenvalue weighted by Crippen LogP contribution is -2.05. The van der Waals surface area contributed by atoms with E-state index in [0.717, 1.165) is 11.1 Å². The highest BCUT2D eigenvalue weighted by molar-refractivity contribution is 5.46. The molecule has 6 heteroatoms. The number of aliphatic hydroxyl groups excluding tert-OH is 2. The maximum atomic E-state index is 8.72. The van der Waals surface area contributed by atoms with Gasteiger partial charge in [-0.25, -0.2) is 0 Å². The molecule has 0 aliphatic rings. The van der Waals surface area contributed by atoms with Crippen LogP contribution < -0.4 is 9.47 Å². The predicted octanol–water partition coefficient (Wildman–Crippen LogP) is 0.722. The van der Waals surface area contributed by atoms with Gasteiger partial charge in [0.1, 0.15) is 11.5 Å². The SMILES string of the molecule is COc1cc(COCCO)c(OC)cc1COCCO. The maximum absolute atomic E-state index is 8.72. The van der Waals surface area contributed by atoms with Crippen molar-refractivity contribution < 1.29 is 29.2 Å². The Morgan fingerprint density at radius 1 is 0.800 bits per heavy atom. The largest absolute Gasteiger partial charge is 0.496 e. The third-order valence-electron chi connectivity index (χ3n) is 2.67. The summed E-state index contributed by atoms with van der Waals surface area (Å²) in [5, 5.41) is 17.4. The minimum atomic E-state index is -0.0213. The molecule has 0 amide bonds.